The molecule has 1 amide bonds. The van der Waals surface area contributed by atoms with Crippen LogP contribution in [0, 0.1) is 0 Å². The normalized spacial score (nSPS) is 15.1. The molecule has 8 heteroatoms. The van der Waals surface area contributed by atoms with Crippen LogP contribution in [-0.4, -0.2) is 36.3 Å². The molecule has 2 N–H and O–H groups in total. The van der Waals surface area contributed by atoms with E-state index in [1.54, 1.807) is 24.3 Å². The first-order valence-electron chi connectivity index (χ1n) is 10.5. The van der Waals surface area contributed by atoms with E-state index in [2.05, 4.69) is 9.84 Å². The maximum absolute atomic E-state index is 12.6. The summed E-state index contributed by atoms with van der Waals surface area (Å²) in [5.41, 5.74) is 3.93. The molecule has 1 unspecified atom stereocenters. The molecule has 0 fully saturated rings. The summed E-state index contributed by atoms with van der Waals surface area (Å²) in [6.45, 7) is 0.0627. The highest BCUT2D eigenvalue weighted by atomic mass is 31.2. The van der Waals surface area contributed by atoms with Gasteiger partial charge < -0.3 is 19.5 Å². The maximum atomic E-state index is 12.6. The van der Waals surface area contributed by atoms with Gasteiger partial charge in [0, 0.05) is 19.4 Å². The van der Waals surface area contributed by atoms with Gasteiger partial charge >= 0.3 is 13.7 Å². The summed E-state index contributed by atoms with van der Waals surface area (Å²) in [6, 6.07) is 23.5. The zero-order valence-electron chi connectivity index (χ0n) is 18.0. The SMILES string of the molecule is COP(=O)(O)C(=O)[C@H](Cc1ccccc1)NC(=O)OCC1c2ccccc2-c2ccccc21. The van der Waals surface area contributed by atoms with Crippen molar-refractivity contribution in [2.24, 2.45) is 0 Å². The van der Waals surface area contributed by atoms with Crippen LogP contribution in [0.1, 0.15) is 22.6 Å². The first kappa shape index (κ1) is 22.9. The Morgan fingerprint density at radius 2 is 1.48 bits per heavy atom. The van der Waals surface area contributed by atoms with E-state index in [-0.39, 0.29) is 18.9 Å². The first-order chi connectivity index (χ1) is 15.9. The van der Waals surface area contributed by atoms with Gasteiger partial charge in [-0.2, -0.15) is 0 Å². The van der Waals surface area contributed by atoms with Gasteiger partial charge in [-0.1, -0.05) is 78.9 Å². The number of fused-ring (bicyclic) bond motifs is 3. The van der Waals surface area contributed by atoms with Gasteiger partial charge in [-0.15, -0.1) is 0 Å². The second-order valence-corrected chi connectivity index (χ2v) is 9.60. The summed E-state index contributed by atoms with van der Waals surface area (Å²) < 4.78 is 22.1. The largest absolute Gasteiger partial charge is 0.449 e. The summed E-state index contributed by atoms with van der Waals surface area (Å²) >= 11 is 0. The van der Waals surface area contributed by atoms with Crippen molar-refractivity contribution in [3.63, 3.8) is 0 Å². The predicted molar refractivity (Wildman–Crippen MR) is 124 cm³/mol. The van der Waals surface area contributed by atoms with E-state index in [4.69, 9.17) is 4.74 Å². The molecule has 1 aliphatic carbocycles. The second-order valence-electron chi connectivity index (χ2n) is 7.75. The molecule has 3 aromatic rings. The molecule has 0 bridgehead atoms. The topological polar surface area (TPSA) is 102 Å². The number of carbonyl (C=O) groups excluding carboxylic acids is 2. The molecule has 0 saturated carbocycles. The molecule has 3 aromatic carbocycles. The minimum Gasteiger partial charge on any atom is -0.449 e. The quantitative estimate of drug-likeness (QED) is 0.475. The lowest BCUT2D eigenvalue weighted by Crippen LogP contribution is -2.43. The Bertz CT molecular complexity index is 1170. The van der Waals surface area contributed by atoms with Crippen LogP contribution in [0.15, 0.2) is 78.9 Å². The maximum Gasteiger partial charge on any atom is 0.407 e. The third-order valence-corrected chi connectivity index (χ3v) is 7.11. The Hall–Kier alpha value is -3.25. The Kier molecular flexibility index (Phi) is 6.75. The molecule has 0 aromatic heterocycles. The molecule has 0 radical (unpaired) electrons. The average molecular weight is 465 g/mol. The molecule has 7 nitrogen and oxygen atoms in total. The highest BCUT2D eigenvalue weighted by Gasteiger charge is 2.37. The van der Waals surface area contributed by atoms with Crippen LogP contribution in [0.4, 0.5) is 4.79 Å². The summed E-state index contributed by atoms with van der Waals surface area (Å²) in [5.74, 6) is -0.144. The van der Waals surface area contributed by atoms with Crippen LogP contribution >= 0.6 is 7.60 Å². The summed E-state index contributed by atoms with van der Waals surface area (Å²) in [4.78, 5) is 35.1. The first-order valence-corrected chi connectivity index (χ1v) is 12.1. The van der Waals surface area contributed by atoms with Crippen molar-refractivity contribution in [1.29, 1.82) is 0 Å². The van der Waals surface area contributed by atoms with Crippen molar-refractivity contribution in [1.82, 2.24) is 5.32 Å². The fourth-order valence-electron chi connectivity index (χ4n) is 4.12. The molecule has 0 spiro atoms. The van der Waals surface area contributed by atoms with E-state index < -0.39 is 25.3 Å². The highest BCUT2D eigenvalue weighted by molar-refractivity contribution is 7.71. The van der Waals surface area contributed by atoms with Gasteiger partial charge in [0.2, 0.25) is 0 Å². The zero-order chi connectivity index (χ0) is 23.4. The number of amides is 1. The van der Waals surface area contributed by atoms with E-state index in [9.17, 15) is 19.0 Å². The van der Waals surface area contributed by atoms with Crippen LogP contribution in [-0.2, 0) is 25.0 Å². The van der Waals surface area contributed by atoms with Crippen LogP contribution < -0.4 is 5.32 Å². The van der Waals surface area contributed by atoms with Crippen molar-refractivity contribution < 1.29 is 28.3 Å². The number of benzene rings is 3. The smallest absolute Gasteiger partial charge is 0.407 e. The zero-order valence-corrected chi connectivity index (χ0v) is 18.9. The molecular formula is C25H24NO6P. The number of hydrogen-bond acceptors (Lipinski definition) is 5. The van der Waals surface area contributed by atoms with E-state index in [0.29, 0.717) is 5.56 Å². The number of hydrogen-bond donors (Lipinski definition) is 2. The van der Waals surface area contributed by atoms with Gasteiger partial charge in [-0.05, 0) is 27.8 Å². The standard InChI is InChI=1S/C25H24NO6P/c1-31-33(29,30)24(27)23(15-17-9-3-2-4-10-17)26-25(28)32-16-22-20-13-7-5-11-18(20)19-12-6-8-14-21(19)22/h2-14,22-23H,15-16H2,1H3,(H,26,28)(H,29,30)/t23-/m0/s1. The van der Waals surface area contributed by atoms with E-state index >= 15 is 0 Å². The fourth-order valence-corrected chi connectivity index (χ4v) is 4.85. The lowest BCUT2D eigenvalue weighted by molar-refractivity contribution is -0.115. The van der Waals surface area contributed by atoms with Crippen molar-refractivity contribution in [2.45, 2.75) is 18.4 Å². The molecule has 0 heterocycles. The van der Waals surface area contributed by atoms with E-state index in [1.807, 2.05) is 54.6 Å². The van der Waals surface area contributed by atoms with Crippen LogP contribution in [0.3, 0.4) is 0 Å². The monoisotopic (exact) mass is 465 g/mol. The molecule has 0 saturated heterocycles. The number of nitrogens with one attached hydrogen (secondary N) is 1. The molecule has 1 aliphatic rings. The van der Waals surface area contributed by atoms with Crippen LogP contribution in [0.2, 0.25) is 0 Å². The third kappa shape index (κ3) is 4.91. The molecule has 33 heavy (non-hydrogen) atoms. The van der Waals surface area contributed by atoms with Crippen molar-refractivity contribution in [3.8, 4) is 11.1 Å². The Morgan fingerprint density at radius 1 is 0.939 bits per heavy atom. The van der Waals surface area contributed by atoms with Gasteiger partial charge in [0.15, 0.2) is 0 Å². The van der Waals surface area contributed by atoms with Gasteiger partial charge in [0.25, 0.3) is 5.52 Å². The Morgan fingerprint density at radius 3 is 2.06 bits per heavy atom. The Labute approximate surface area is 191 Å². The minimum atomic E-state index is -4.55. The van der Waals surface area contributed by atoms with Gasteiger partial charge in [0.05, 0.1) is 0 Å². The molecule has 0 aliphatic heterocycles. The average Bonchev–Trinajstić information content (AvgIpc) is 3.16. The van der Waals surface area contributed by atoms with Crippen LogP contribution in [0.5, 0.6) is 0 Å². The summed E-state index contributed by atoms with van der Waals surface area (Å²) in [6.07, 6.45) is -0.820. The summed E-state index contributed by atoms with van der Waals surface area (Å²) in [5, 5.41) is 2.45. The number of carbonyl (C=O) groups is 2. The van der Waals surface area contributed by atoms with Crippen molar-refractivity contribution in [3.05, 3.63) is 95.6 Å². The van der Waals surface area contributed by atoms with Gasteiger partial charge in [-0.25, -0.2) is 4.79 Å². The van der Waals surface area contributed by atoms with E-state index in [1.165, 1.54) is 0 Å². The number of rotatable bonds is 8. The predicted octanol–water partition coefficient (Wildman–Crippen LogP) is 4.49. The number of ether oxygens (including phenoxy) is 1. The second kappa shape index (κ2) is 9.71. The summed E-state index contributed by atoms with van der Waals surface area (Å²) in [7, 11) is -3.57. The highest BCUT2D eigenvalue weighted by Crippen LogP contribution is 2.45. The van der Waals surface area contributed by atoms with Crippen molar-refractivity contribution in [2.75, 3.05) is 13.7 Å². The molecule has 170 valence electrons. The molecule has 4 rings (SSSR count). The van der Waals surface area contributed by atoms with Gasteiger partial charge in [0.1, 0.15) is 12.6 Å². The van der Waals surface area contributed by atoms with Crippen molar-refractivity contribution >= 4 is 19.2 Å². The number of alkyl carbamates (subject to hydrolysis) is 1. The van der Waals surface area contributed by atoms with Crippen LogP contribution in [0.25, 0.3) is 11.1 Å². The molecule has 2 atom stereocenters. The Balaban J connectivity index is 1.49. The lowest BCUT2D eigenvalue weighted by atomic mass is 9.98. The molecular weight excluding hydrogens is 441 g/mol. The third-order valence-electron chi connectivity index (χ3n) is 5.74. The minimum absolute atomic E-state index is 0.0256. The lowest BCUT2D eigenvalue weighted by Gasteiger charge is -2.20. The fraction of sp³-hybridized carbons (Fsp3) is 0.200. The van der Waals surface area contributed by atoms with Gasteiger partial charge in [-0.3, -0.25) is 9.36 Å². The van der Waals surface area contributed by atoms with E-state index in [0.717, 1.165) is 29.4 Å².